The molecular formula is C16H15ClO2. The van der Waals surface area contributed by atoms with Gasteiger partial charge in [0.2, 0.25) is 0 Å². The summed E-state index contributed by atoms with van der Waals surface area (Å²) in [5.74, 6) is 1.73. The van der Waals surface area contributed by atoms with Crippen molar-refractivity contribution in [3.8, 4) is 11.5 Å². The first-order chi connectivity index (χ1) is 9.13. The molecule has 0 saturated carbocycles. The summed E-state index contributed by atoms with van der Waals surface area (Å²) in [7, 11) is 0. The van der Waals surface area contributed by atoms with Crippen LogP contribution in [0.1, 0.15) is 18.9 Å². The zero-order valence-corrected chi connectivity index (χ0v) is 11.5. The summed E-state index contributed by atoms with van der Waals surface area (Å²) in [6.07, 6.45) is 1.36. The van der Waals surface area contributed by atoms with Gasteiger partial charge in [0.05, 0.1) is 0 Å². The van der Waals surface area contributed by atoms with Crippen LogP contribution in [0.4, 0.5) is 0 Å². The maximum atomic E-state index is 10.9. The van der Waals surface area contributed by atoms with Crippen LogP contribution in [0.2, 0.25) is 5.02 Å². The lowest BCUT2D eigenvalue weighted by molar-refractivity contribution is -0.116. The Morgan fingerprint density at radius 2 is 1.53 bits per heavy atom. The Kier molecular flexibility index (Phi) is 4.58. The Morgan fingerprint density at radius 3 is 2.05 bits per heavy atom. The van der Waals surface area contributed by atoms with Crippen LogP contribution in [-0.4, -0.2) is 5.78 Å². The number of hydrogen-bond donors (Lipinski definition) is 0. The summed E-state index contributed by atoms with van der Waals surface area (Å²) >= 11 is 5.81. The predicted molar refractivity (Wildman–Crippen MR) is 77.0 cm³/mol. The van der Waals surface area contributed by atoms with Gasteiger partial charge in [0.15, 0.2) is 0 Å². The molecule has 0 aromatic heterocycles. The number of ketones is 1. The number of Topliss-reactive ketones (excluding diaryl/α,β-unsaturated/α-hetero) is 1. The summed E-state index contributed by atoms with van der Waals surface area (Å²) in [6.45, 7) is 1.61. The molecule has 0 bridgehead atoms. The number of ether oxygens (including phenoxy) is 1. The SMILES string of the molecule is CC(=O)CCc1ccc(Oc2ccc(Cl)cc2)cc1. The predicted octanol–water partition coefficient (Wildman–Crippen LogP) is 4.65. The minimum absolute atomic E-state index is 0.210. The number of rotatable bonds is 5. The molecule has 2 nitrogen and oxygen atoms in total. The van der Waals surface area contributed by atoms with E-state index in [9.17, 15) is 4.79 Å². The molecule has 0 amide bonds. The molecule has 0 atom stereocenters. The Hall–Kier alpha value is -1.80. The average molecular weight is 275 g/mol. The highest BCUT2D eigenvalue weighted by atomic mass is 35.5. The molecule has 0 saturated heterocycles. The van der Waals surface area contributed by atoms with Crippen LogP contribution in [-0.2, 0) is 11.2 Å². The van der Waals surface area contributed by atoms with Crippen molar-refractivity contribution in [2.45, 2.75) is 19.8 Å². The molecule has 3 heteroatoms. The molecule has 0 aliphatic rings. The number of hydrogen-bond acceptors (Lipinski definition) is 2. The lowest BCUT2D eigenvalue weighted by Crippen LogP contribution is -1.93. The van der Waals surface area contributed by atoms with E-state index in [0.717, 1.165) is 23.5 Å². The Balaban J connectivity index is 1.98. The lowest BCUT2D eigenvalue weighted by Gasteiger charge is -2.06. The summed E-state index contributed by atoms with van der Waals surface area (Å²) in [5, 5.41) is 0.687. The molecule has 0 N–H and O–H groups in total. The quantitative estimate of drug-likeness (QED) is 0.793. The standard InChI is InChI=1S/C16H15ClO2/c1-12(18)2-3-13-4-8-15(9-5-13)19-16-10-6-14(17)7-11-16/h4-11H,2-3H2,1H3. The van der Waals surface area contributed by atoms with Crippen molar-refractivity contribution in [2.24, 2.45) is 0 Å². The highest BCUT2D eigenvalue weighted by Gasteiger charge is 2.00. The van der Waals surface area contributed by atoms with Gasteiger partial charge >= 0.3 is 0 Å². The maximum Gasteiger partial charge on any atom is 0.130 e. The third kappa shape index (κ3) is 4.42. The first-order valence-corrected chi connectivity index (χ1v) is 6.53. The van der Waals surface area contributed by atoms with Gasteiger partial charge in [-0.2, -0.15) is 0 Å². The van der Waals surface area contributed by atoms with Gasteiger partial charge < -0.3 is 9.53 Å². The van der Waals surface area contributed by atoms with E-state index in [1.165, 1.54) is 0 Å². The fraction of sp³-hybridized carbons (Fsp3) is 0.188. The van der Waals surface area contributed by atoms with E-state index >= 15 is 0 Å². The van der Waals surface area contributed by atoms with Crippen LogP contribution >= 0.6 is 11.6 Å². The second-order valence-corrected chi connectivity index (χ2v) is 4.84. The van der Waals surface area contributed by atoms with Gasteiger partial charge in [0.1, 0.15) is 17.3 Å². The molecule has 0 spiro atoms. The van der Waals surface area contributed by atoms with Crippen LogP contribution in [0.25, 0.3) is 0 Å². The minimum Gasteiger partial charge on any atom is -0.457 e. The Bertz CT molecular complexity index is 544. The van der Waals surface area contributed by atoms with Crippen LogP contribution in [0.5, 0.6) is 11.5 Å². The van der Waals surface area contributed by atoms with Crippen molar-refractivity contribution in [3.05, 3.63) is 59.1 Å². The minimum atomic E-state index is 0.210. The monoisotopic (exact) mass is 274 g/mol. The molecule has 19 heavy (non-hydrogen) atoms. The molecule has 2 aromatic carbocycles. The highest BCUT2D eigenvalue weighted by Crippen LogP contribution is 2.23. The third-order valence-corrected chi connectivity index (χ3v) is 2.99. The summed E-state index contributed by atoms with van der Waals surface area (Å²) in [6, 6.07) is 15.0. The molecule has 0 heterocycles. The second-order valence-electron chi connectivity index (χ2n) is 4.40. The molecule has 0 fully saturated rings. The fourth-order valence-electron chi connectivity index (χ4n) is 1.68. The Labute approximate surface area is 118 Å². The normalized spacial score (nSPS) is 10.2. The zero-order valence-electron chi connectivity index (χ0n) is 10.7. The molecule has 0 aliphatic carbocycles. The van der Waals surface area contributed by atoms with Crippen molar-refractivity contribution >= 4 is 17.4 Å². The number of carbonyl (C=O) groups excluding carboxylic acids is 1. The van der Waals surface area contributed by atoms with Gasteiger partial charge in [0, 0.05) is 11.4 Å². The van der Waals surface area contributed by atoms with Crippen molar-refractivity contribution in [3.63, 3.8) is 0 Å². The van der Waals surface area contributed by atoms with Gasteiger partial charge in [-0.1, -0.05) is 23.7 Å². The smallest absolute Gasteiger partial charge is 0.130 e. The van der Waals surface area contributed by atoms with Crippen molar-refractivity contribution in [2.75, 3.05) is 0 Å². The zero-order chi connectivity index (χ0) is 13.7. The van der Waals surface area contributed by atoms with Gasteiger partial charge in [-0.05, 0) is 55.3 Å². The molecule has 2 rings (SSSR count). The largest absolute Gasteiger partial charge is 0.457 e. The average Bonchev–Trinajstić information content (AvgIpc) is 2.40. The number of aryl methyl sites for hydroxylation is 1. The summed E-state index contributed by atoms with van der Waals surface area (Å²) < 4.78 is 5.69. The number of benzene rings is 2. The van der Waals surface area contributed by atoms with E-state index in [1.54, 1.807) is 19.1 Å². The number of halogens is 1. The molecule has 0 unspecified atom stereocenters. The maximum absolute atomic E-state index is 10.9. The van der Waals surface area contributed by atoms with Crippen LogP contribution in [0.15, 0.2) is 48.5 Å². The van der Waals surface area contributed by atoms with Crippen LogP contribution in [0, 0.1) is 0 Å². The first kappa shape index (κ1) is 13.6. The second kappa shape index (κ2) is 6.39. The fourth-order valence-corrected chi connectivity index (χ4v) is 1.81. The van der Waals surface area contributed by atoms with Crippen LogP contribution < -0.4 is 4.74 Å². The van der Waals surface area contributed by atoms with E-state index < -0.39 is 0 Å². The third-order valence-electron chi connectivity index (χ3n) is 2.74. The van der Waals surface area contributed by atoms with Crippen molar-refractivity contribution in [1.29, 1.82) is 0 Å². The summed E-state index contributed by atoms with van der Waals surface area (Å²) in [5.41, 5.74) is 1.14. The van der Waals surface area contributed by atoms with Gasteiger partial charge in [-0.25, -0.2) is 0 Å². The van der Waals surface area contributed by atoms with Gasteiger partial charge in [-0.3, -0.25) is 0 Å². The first-order valence-electron chi connectivity index (χ1n) is 6.15. The van der Waals surface area contributed by atoms with Gasteiger partial charge in [-0.15, -0.1) is 0 Å². The molecule has 0 aliphatic heterocycles. The lowest BCUT2D eigenvalue weighted by atomic mass is 10.1. The summed E-state index contributed by atoms with van der Waals surface area (Å²) in [4.78, 5) is 10.9. The molecule has 0 radical (unpaired) electrons. The molecular weight excluding hydrogens is 260 g/mol. The Morgan fingerprint density at radius 1 is 1.00 bits per heavy atom. The topological polar surface area (TPSA) is 26.3 Å². The molecule has 2 aromatic rings. The van der Waals surface area contributed by atoms with E-state index in [-0.39, 0.29) is 5.78 Å². The van der Waals surface area contributed by atoms with E-state index in [0.29, 0.717) is 11.4 Å². The van der Waals surface area contributed by atoms with E-state index in [4.69, 9.17) is 16.3 Å². The van der Waals surface area contributed by atoms with Crippen molar-refractivity contribution < 1.29 is 9.53 Å². The highest BCUT2D eigenvalue weighted by molar-refractivity contribution is 6.30. The number of carbonyl (C=O) groups is 1. The van der Waals surface area contributed by atoms with Crippen molar-refractivity contribution in [1.82, 2.24) is 0 Å². The van der Waals surface area contributed by atoms with E-state index in [2.05, 4.69) is 0 Å². The van der Waals surface area contributed by atoms with Gasteiger partial charge in [0.25, 0.3) is 0 Å². The molecule has 98 valence electrons. The van der Waals surface area contributed by atoms with E-state index in [1.807, 2.05) is 36.4 Å². The van der Waals surface area contributed by atoms with Crippen LogP contribution in [0.3, 0.4) is 0 Å².